The third kappa shape index (κ3) is 5.02. The number of hydrogen-bond donors (Lipinski definition) is 1. The molecule has 1 saturated heterocycles. The fourth-order valence-electron chi connectivity index (χ4n) is 2.81. The van der Waals surface area contributed by atoms with Gasteiger partial charge in [-0.05, 0) is 56.5 Å². The molecule has 0 aromatic heterocycles. The fraction of sp³-hybridized carbons (Fsp3) is 0.611. The van der Waals surface area contributed by atoms with Gasteiger partial charge in [-0.3, -0.25) is 4.79 Å². The summed E-state index contributed by atoms with van der Waals surface area (Å²) in [7, 11) is 0. The fourth-order valence-corrected chi connectivity index (χ4v) is 2.81. The smallest absolute Gasteiger partial charge is 0.251 e. The van der Waals surface area contributed by atoms with E-state index in [1.807, 2.05) is 24.3 Å². The molecule has 1 aliphatic heterocycles. The Morgan fingerprint density at radius 3 is 2.45 bits per heavy atom. The maximum absolute atomic E-state index is 12.3. The Bertz CT molecular complexity index is 451. The van der Waals surface area contributed by atoms with Crippen LogP contribution in [0.1, 0.15) is 49.9 Å². The van der Waals surface area contributed by atoms with Crippen molar-refractivity contribution in [2.24, 2.45) is 0 Å². The van der Waals surface area contributed by atoms with Crippen molar-refractivity contribution < 1.29 is 9.53 Å². The summed E-state index contributed by atoms with van der Waals surface area (Å²) >= 11 is 0. The lowest BCUT2D eigenvalue weighted by Crippen LogP contribution is -2.44. The zero-order chi connectivity index (χ0) is 15.8. The van der Waals surface area contributed by atoms with Gasteiger partial charge in [0.15, 0.2) is 0 Å². The van der Waals surface area contributed by atoms with E-state index in [1.54, 1.807) is 0 Å². The highest BCUT2D eigenvalue weighted by Crippen LogP contribution is 2.14. The van der Waals surface area contributed by atoms with Crippen LogP contribution in [0.2, 0.25) is 0 Å². The van der Waals surface area contributed by atoms with E-state index in [0.29, 0.717) is 18.2 Å². The molecule has 0 aliphatic carbocycles. The Morgan fingerprint density at radius 1 is 1.18 bits per heavy atom. The molecule has 0 bridgehead atoms. The molecule has 1 amide bonds. The van der Waals surface area contributed by atoms with E-state index in [1.165, 1.54) is 13.0 Å². The first-order valence-electron chi connectivity index (χ1n) is 8.49. The van der Waals surface area contributed by atoms with E-state index in [4.69, 9.17) is 4.74 Å². The summed E-state index contributed by atoms with van der Waals surface area (Å²) in [6.07, 6.45) is 4.27. The van der Waals surface area contributed by atoms with Crippen molar-refractivity contribution in [1.82, 2.24) is 10.2 Å². The number of carbonyl (C=O) groups is 1. The summed E-state index contributed by atoms with van der Waals surface area (Å²) in [5.41, 5.74) is 0.708. The molecule has 0 radical (unpaired) electrons. The maximum Gasteiger partial charge on any atom is 0.251 e. The van der Waals surface area contributed by atoms with Gasteiger partial charge in [0.1, 0.15) is 5.75 Å². The predicted molar refractivity (Wildman–Crippen MR) is 89.4 cm³/mol. The molecule has 1 N–H and O–H groups in total. The van der Waals surface area contributed by atoms with Crippen molar-refractivity contribution in [3.8, 4) is 5.75 Å². The van der Waals surface area contributed by atoms with Crippen LogP contribution in [0.5, 0.6) is 5.75 Å². The first-order chi connectivity index (χ1) is 10.7. The van der Waals surface area contributed by atoms with Crippen LogP contribution in [0.3, 0.4) is 0 Å². The molecule has 122 valence electrons. The molecule has 1 aromatic rings. The maximum atomic E-state index is 12.3. The SMILES string of the molecule is CCCOc1ccc(C(=O)NC2CCN(CCC)CC2)cc1. The lowest BCUT2D eigenvalue weighted by molar-refractivity contribution is 0.0911. The van der Waals surface area contributed by atoms with E-state index in [9.17, 15) is 4.79 Å². The van der Waals surface area contributed by atoms with Gasteiger partial charge in [-0.15, -0.1) is 0 Å². The van der Waals surface area contributed by atoms with E-state index in [0.717, 1.165) is 38.1 Å². The standard InChI is InChI=1S/C18H28N2O2/c1-3-11-20-12-9-16(10-13-20)19-18(21)15-5-7-17(8-6-15)22-14-4-2/h5-8,16H,3-4,9-14H2,1-2H3,(H,19,21). The molecule has 0 spiro atoms. The van der Waals surface area contributed by atoms with Gasteiger partial charge in [-0.2, -0.15) is 0 Å². The Hall–Kier alpha value is -1.55. The quantitative estimate of drug-likeness (QED) is 0.841. The van der Waals surface area contributed by atoms with Crippen LogP contribution in [0, 0.1) is 0 Å². The largest absolute Gasteiger partial charge is 0.494 e. The average Bonchev–Trinajstić information content (AvgIpc) is 2.55. The second-order valence-corrected chi connectivity index (χ2v) is 5.96. The summed E-state index contributed by atoms with van der Waals surface area (Å²) in [6, 6.07) is 7.72. The number of carbonyl (C=O) groups excluding carboxylic acids is 1. The van der Waals surface area contributed by atoms with E-state index < -0.39 is 0 Å². The molecule has 4 nitrogen and oxygen atoms in total. The Kier molecular flexibility index (Phi) is 6.72. The number of hydrogen-bond acceptors (Lipinski definition) is 3. The molecular weight excluding hydrogens is 276 g/mol. The normalized spacial score (nSPS) is 16.5. The highest BCUT2D eigenvalue weighted by atomic mass is 16.5. The van der Waals surface area contributed by atoms with Crippen molar-refractivity contribution in [3.63, 3.8) is 0 Å². The Labute approximate surface area is 133 Å². The number of nitrogens with zero attached hydrogens (tertiary/aromatic N) is 1. The van der Waals surface area contributed by atoms with Crippen molar-refractivity contribution in [2.75, 3.05) is 26.2 Å². The van der Waals surface area contributed by atoms with E-state index >= 15 is 0 Å². The lowest BCUT2D eigenvalue weighted by Gasteiger charge is -2.32. The van der Waals surface area contributed by atoms with E-state index in [2.05, 4.69) is 24.1 Å². The van der Waals surface area contributed by atoms with Crippen LogP contribution >= 0.6 is 0 Å². The van der Waals surface area contributed by atoms with Crippen LogP contribution in [-0.4, -0.2) is 43.1 Å². The number of benzene rings is 1. The van der Waals surface area contributed by atoms with Gasteiger partial charge >= 0.3 is 0 Å². The zero-order valence-corrected chi connectivity index (χ0v) is 13.8. The first-order valence-corrected chi connectivity index (χ1v) is 8.49. The van der Waals surface area contributed by atoms with E-state index in [-0.39, 0.29) is 5.91 Å². The summed E-state index contributed by atoms with van der Waals surface area (Å²) in [5, 5.41) is 3.15. The molecule has 0 saturated carbocycles. The summed E-state index contributed by atoms with van der Waals surface area (Å²) in [6.45, 7) is 8.34. The Balaban J connectivity index is 1.80. The highest BCUT2D eigenvalue weighted by molar-refractivity contribution is 5.94. The minimum atomic E-state index is 0.0241. The van der Waals surface area contributed by atoms with Crippen LogP contribution in [0.4, 0.5) is 0 Å². The van der Waals surface area contributed by atoms with Crippen LogP contribution in [0.25, 0.3) is 0 Å². The van der Waals surface area contributed by atoms with Crippen molar-refractivity contribution in [2.45, 2.75) is 45.6 Å². The molecule has 4 heteroatoms. The molecular formula is C18H28N2O2. The van der Waals surface area contributed by atoms with Crippen LogP contribution in [-0.2, 0) is 0 Å². The molecule has 1 aliphatic rings. The molecule has 1 aromatic carbocycles. The molecule has 0 unspecified atom stereocenters. The average molecular weight is 304 g/mol. The molecule has 0 atom stereocenters. The zero-order valence-electron chi connectivity index (χ0n) is 13.8. The number of ether oxygens (including phenoxy) is 1. The van der Waals surface area contributed by atoms with Gasteiger partial charge < -0.3 is 15.0 Å². The van der Waals surface area contributed by atoms with Gasteiger partial charge in [0.05, 0.1) is 6.61 Å². The van der Waals surface area contributed by atoms with Crippen molar-refractivity contribution >= 4 is 5.91 Å². The lowest BCUT2D eigenvalue weighted by atomic mass is 10.0. The summed E-state index contributed by atoms with van der Waals surface area (Å²) < 4.78 is 5.54. The third-order valence-corrected chi connectivity index (χ3v) is 4.05. The molecule has 22 heavy (non-hydrogen) atoms. The number of rotatable bonds is 7. The van der Waals surface area contributed by atoms with Gasteiger partial charge in [0.25, 0.3) is 5.91 Å². The number of amides is 1. The summed E-state index contributed by atoms with van der Waals surface area (Å²) in [5.74, 6) is 0.849. The monoisotopic (exact) mass is 304 g/mol. The minimum Gasteiger partial charge on any atom is -0.494 e. The molecule has 1 heterocycles. The van der Waals surface area contributed by atoms with Gasteiger partial charge in [0.2, 0.25) is 0 Å². The second kappa shape index (κ2) is 8.79. The number of likely N-dealkylation sites (tertiary alicyclic amines) is 1. The minimum absolute atomic E-state index is 0.0241. The van der Waals surface area contributed by atoms with Gasteiger partial charge in [-0.25, -0.2) is 0 Å². The number of nitrogens with one attached hydrogen (secondary N) is 1. The topological polar surface area (TPSA) is 41.6 Å². The van der Waals surface area contributed by atoms with Gasteiger partial charge in [0, 0.05) is 24.7 Å². The number of piperidine rings is 1. The Morgan fingerprint density at radius 2 is 1.86 bits per heavy atom. The van der Waals surface area contributed by atoms with Crippen molar-refractivity contribution in [1.29, 1.82) is 0 Å². The highest BCUT2D eigenvalue weighted by Gasteiger charge is 2.20. The summed E-state index contributed by atoms with van der Waals surface area (Å²) in [4.78, 5) is 14.8. The second-order valence-electron chi connectivity index (χ2n) is 5.96. The van der Waals surface area contributed by atoms with Crippen LogP contribution < -0.4 is 10.1 Å². The molecule has 2 rings (SSSR count). The van der Waals surface area contributed by atoms with Gasteiger partial charge in [-0.1, -0.05) is 13.8 Å². The van der Waals surface area contributed by atoms with Crippen molar-refractivity contribution in [3.05, 3.63) is 29.8 Å². The first kappa shape index (κ1) is 16.8. The molecule has 1 fully saturated rings. The van der Waals surface area contributed by atoms with Crippen LogP contribution in [0.15, 0.2) is 24.3 Å². The predicted octanol–water partition coefficient (Wildman–Crippen LogP) is 3.08. The third-order valence-electron chi connectivity index (χ3n) is 4.05.